The number of carbonyl (C=O) groups is 1. The molecule has 0 spiro atoms. The Morgan fingerprint density at radius 3 is 2.29 bits per heavy atom. The summed E-state index contributed by atoms with van der Waals surface area (Å²) in [5.41, 5.74) is 2.93. The third-order valence-electron chi connectivity index (χ3n) is 6.32. The Morgan fingerprint density at radius 2 is 1.65 bits per heavy atom. The molecule has 5 rings (SSSR count). The first-order valence-electron chi connectivity index (χ1n) is 11.5. The number of fused-ring (bicyclic) bond motifs is 1. The Labute approximate surface area is 197 Å². The topological polar surface area (TPSA) is 72.6 Å². The van der Waals surface area contributed by atoms with Crippen molar-refractivity contribution >= 4 is 11.6 Å². The number of amides is 1. The van der Waals surface area contributed by atoms with Gasteiger partial charge in [0.05, 0.1) is 23.9 Å². The minimum atomic E-state index is -0.220. The normalized spacial score (nSPS) is 13.9. The molecule has 8 nitrogen and oxygen atoms in total. The molecule has 0 bridgehead atoms. The summed E-state index contributed by atoms with van der Waals surface area (Å²) < 4.78 is 8.50. The number of hydrogen-bond donors (Lipinski definition) is 0. The highest BCUT2D eigenvalue weighted by molar-refractivity contribution is 6.00. The molecule has 3 aliphatic rings. The fourth-order valence-electron chi connectivity index (χ4n) is 4.37. The van der Waals surface area contributed by atoms with Gasteiger partial charge in [-0.3, -0.25) is 9.59 Å². The van der Waals surface area contributed by atoms with Gasteiger partial charge in [-0.1, -0.05) is 18.2 Å². The molecule has 0 saturated carbocycles. The van der Waals surface area contributed by atoms with Crippen LogP contribution in [-0.4, -0.2) is 58.4 Å². The third-order valence-corrected chi connectivity index (χ3v) is 6.32. The van der Waals surface area contributed by atoms with Gasteiger partial charge >= 0.3 is 0 Å². The van der Waals surface area contributed by atoms with Crippen molar-refractivity contribution in [3.8, 4) is 22.7 Å². The molecular weight excluding hydrogens is 430 g/mol. The maximum atomic E-state index is 13.6. The summed E-state index contributed by atoms with van der Waals surface area (Å²) in [6, 6.07) is 17.2. The first kappa shape index (κ1) is 21.8. The molecule has 0 atom stereocenters. The SMILES string of the molecule is CCn1cc(C(=O)N2CCN(c3ccc(OC)cc3)CC2)c2nn(-c3ccccc3)c(=O)c-2c1. The molecule has 8 heteroatoms. The van der Waals surface area contributed by atoms with Gasteiger partial charge in [0.15, 0.2) is 0 Å². The number of pyridine rings is 1. The summed E-state index contributed by atoms with van der Waals surface area (Å²) >= 11 is 0. The first-order chi connectivity index (χ1) is 16.6. The summed E-state index contributed by atoms with van der Waals surface area (Å²) in [5, 5.41) is 4.57. The number of aromatic nitrogens is 3. The molecule has 3 aliphatic heterocycles. The van der Waals surface area contributed by atoms with Crippen LogP contribution < -0.4 is 15.2 Å². The number of nitrogens with zero attached hydrogens (tertiary/aromatic N) is 5. The minimum Gasteiger partial charge on any atom is -0.497 e. The fraction of sp³-hybridized carbons (Fsp3) is 0.269. The van der Waals surface area contributed by atoms with Crippen molar-refractivity contribution in [3.63, 3.8) is 0 Å². The van der Waals surface area contributed by atoms with Crippen LogP contribution in [0.15, 0.2) is 71.8 Å². The zero-order valence-corrected chi connectivity index (χ0v) is 19.3. The maximum Gasteiger partial charge on any atom is 0.282 e. The predicted octanol–water partition coefficient (Wildman–Crippen LogP) is 3.13. The number of benzene rings is 2. The largest absolute Gasteiger partial charge is 0.497 e. The van der Waals surface area contributed by atoms with Crippen LogP contribution in [0.4, 0.5) is 5.69 Å². The van der Waals surface area contributed by atoms with E-state index < -0.39 is 0 Å². The van der Waals surface area contributed by atoms with E-state index >= 15 is 0 Å². The average molecular weight is 458 g/mol. The van der Waals surface area contributed by atoms with E-state index in [1.807, 2.05) is 77.2 Å². The van der Waals surface area contributed by atoms with Crippen LogP contribution in [0, 0.1) is 0 Å². The third kappa shape index (κ3) is 3.91. The number of piperazine rings is 1. The number of aryl methyl sites for hydroxylation is 1. The van der Waals surface area contributed by atoms with Crippen molar-refractivity contribution < 1.29 is 9.53 Å². The van der Waals surface area contributed by atoms with Gasteiger partial charge in [0.25, 0.3) is 11.5 Å². The van der Waals surface area contributed by atoms with Crippen LogP contribution in [0.5, 0.6) is 5.75 Å². The standard InChI is InChI=1S/C26H27N5O3/c1-3-28-17-22(24-23(18-28)26(33)31(27-24)20-7-5-4-6-8-20)25(32)30-15-13-29(14-16-30)19-9-11-21(34-2)12-10-19/h4-12,17-18H,3,13-16H2,1-2H3. The van der Waals surface area contributed by atoms with Gasteiger partial charge in [0, 0.05) is 50.8 Å². The summed E-state index contributed by atoms with van der Waals surface area (Å²) in [5.74, 6) is 0.725. The molecule has 1 saturated heterocycles. The molecule has 0 aromatic heterocycles. The number of ether oxygens (including phenoxy) is 1. The molecule has 0 N–H and O–H groups in total. The minimum absolute atomic E-state index is 0.0973. The van der Waals surface area contributed by atoms with Crippen molar-refractivity contribution in [3.05, 3.63) is 82.9 Å². The average Bonchev–Trinajstić information content (AvgIpc) is 3.24. The van der Waals surface area contributed by atoms with Gasteiger partial charge in [0.2, 0.25) is 0 Å². The quantitative estimate of drug-likeness (QED) is 0.461. The highest BCUT2D eigenvalue weighted by Gasteiger charge is 2.29. The lowest BCUT2D eigenvalue weighted by atomic mass is 10.1. The molecule has 0 aliphatic carbocycles. The molecule has 1 fully saturated rings. The Balaban J connectivity index is 1.42. The Hall–Kier alpha value is -4.07. The van der Waals surface area contributed by atoms with Crippen LogP contribution in [0.25, 0.3) is 16.9 Å². The van der Waals surface area contributed by atoms with Crippen molar-refractivity contribution in [2.75, 3.05) is 38.2 Å². The molecule has 2 aromatic rings. The van der Waals surface area contributed by atoms with E-state index in [-0.39, 0.29) is 11.5 Å². The zero-order valence-electron chi connectivity index (χ0n) is 19.3. The van der Waals surface area contributed by atoms with Crippen LogP contribution in [0.3, 0.4) is 0 Å². The molecule has 1 amide bonds. The van der Waals surface area contributed by atoms with E-state index in [2.05, 4.69) is 10.00 Å². The van der Waals surface area contributed by atoms with Crippen molar-refractivity contribution in [1.29, 1.82) is 0 Å². The van der Waals surface area contributed by atoms with E-state index in [0.717, 1.165) is 24.5 Å². The van der Waals surface area contributed by atoms with Crippen LogP contribution in [-0.2, 0) is 6.54 Å². The number of methoxy groups -OCH3 is 1. The molecule has 0 radical (unpaired) electrons. The van der Waals surface area contributed by atoms with E-state index in [1.165, 1.54) is 4.68 Å². The predicted molar refractivity (Wildman–Crippen MR) is 131 cm³/mol. The molecule has 2 aromatic carbocycles. The summed E-state index contributed by atoms with van der Waals surface area (Å²) in [6.45, 7) is 5.28. The molecule has 174 valence electrons. The molecule has 34 heavy (non-hydrogen) atoms. The van der Waals surface area contributed by atoms with Gasteiger partial charge in [0.1, 0.15) is 11.4 Å². The van der Waals surface area contributed by atoms with Crippen LogP contribution in [0.2, 0.25) is 0 Å². The highest BCUT2D eigenvalue weighted by atomic mass is 16.5. The van der Waals surface area contributed by atoms with E-state index in [9.17, 15) is 9.59 Å². The van der Waals surface area contributed by atoms with Gasteiger partial charge in [-0.25, -0.2) is 0 Å². The second-order valence-corrected chi connectivity index (χ2v) is 8.29. The Morgan fingerprint density at radius 1 is 0.941 bits per heavy atom. The van der Waals surface area contributed by atoms with Gasteiger partial charge in [-0.2, -0.15) is 9.78 Å². The number of carbonyl (C=O) groups excluding carboxylic acids is 1. The van der Waals surface area contributed by atoms with Crippen molar-refractivity contribution in [2.45, 2.75) is 13.5 Å². The van der Waals surface area contributed by atoms with Crippen LogP contribution in [0.1, 0.15) is 17.3 Å². The van der Waals surface area contributed by atoms with Crippen LogP contribution >= 0.6 is 0 Å². The Bertz CT molecular complexity index is 1320. The summed E-state index contributed by atoms with van der Waals surface area (Å²) in [4.78, 5) is 30.8. The number of para-hydroxylation sites is 1. The number of hydrogen-bond acceptors (Lipinski definition) is 5. The first-order valence-corrected chi connectivity index (χ1v) is 11.5. The summed E-state index contributed by atoms with van der Waals surface area (Å²) in [7, 11) is 1.65. The number of rotatable bonds is 5. The van der Waals surface area contributed by atoms with E-state index in [4.69, 9.17) is 4.74 Å². The lowest BCUT2D eigenvalue weighted by molar-refractivity contribution is 0.0746. The summed E-state index contributed by atoms with van der Waals surface area (Å²) in [6.07, 6.45) is 3.59. The molecule has 0 unspecified atom stereocenters. The maximum absolute atomic E-state index is 13.6. The molecule has 3 heterocycles. The lowest BCUT2D eigenvalue weighted by Crippen LogP contribution is -2.49. The van der Waals surface area contributed by atoms with E-state index in [1.54, 1.807) is 13.3 Å². The lowest BCUT2D eigenvalue weighted by Gasteiger charge is -2.36. The Kier molecular flexibility index (Phi) is 5.79. The fourth-order valence-corrected chi connectivity index (χ4v) is 4.37. The zero-order chi connectivity index (χ0) is 23.7. The highest BCUT2D eigenvalue weighted by Crippen LogP contribution is 2.25. The van der Waals surface area contributed by atoms with Crippen molar-refractivity contribution in [2.24, 2.45) is 0 Å². The van der Waals surface area contributed by atoms with Gasteiger partial charge in [-0.15, -0.1) is 0 Å². The number of anilines is 1. The second-order valence-electron chi connectivity index (χ2n) is 8.29. The molecular formula is C26H27N5O3. The van der Waals surface area contributed by atoms with Crippen molar-refractivity contribution in [1.82, 2.24) is 19.2 Å². The van der Waals surface area contributed by atoms with Gasteiger partial charge < -0.3 is 19.1 Å². The second kappa shape index (κ2) is 9.05. The smallest absolute Gasteiger partial charge is 0.282 e. The monoisotopic (exact) mass is 457 g/mol. The van der Waals surface area contributed by atoms with E-state index in [0.29, 0.717) is 42.1 Å². The van der Waals surface area contributed by atoms with Gasteiger partial charge in [-0.05, 0) is 43.3 Å².